The van der Waals surface area contributed by atoms with Gasteiger partial charge in [0.1, 0.15) is 5.82 Å². The Balaban J connectivity index is 1.53. The molecule has 148 valence electrons. The van der Waals surface area contributed by atoms with Crippen LogP contribution in [0.15, 0.2) is 42.7 Å². The average Bonchev–Trinajstić information content (AvgIpc) is 3.41. The van der Waals surface area contributed by atoms with Gasteiger partial charge in [0.15, 0.2) is 5.82 Å². The molecule has 0 aliphatic heterocycles. The van der Waals surface area contributed by atoms with Crippen molar-refractivity contribution < 1.29 is 4.79 Å². The number of amides is 1. The Kier molecular flexibility index (Phi) is 5.87. The number of hydrogen-bond donors (Lipinski definition) is 2. The summed E-state index contributed by atoms with van der Waals surface area (Å²) in [5.74, 6) is 1.46. The van der Waals surface area contributed by atoms with Gasteiger partial charge in [-0.1, -0.05) is 24.6 Å². The van der Waals surface area contributed by atoms with Crippen LogP contribution in [0, 0.1) is 0 Å². The van der Waals surface area contributed by atoms with Crippen LogP contribution in [0.1, 0.15) is 35.2 Å². The summed E-state index contributed by atoms with van der Waals surface area (Å²) in [4.78, 5) is 30.1. The number of aromatic amines is 1. The van der Waals surface area contributed by atoms with Crippen molar-refractivity contribution in [2.75, 3.05) is 6.54 Å². The Hall–Kier alpha value is -2.77. The second-order valence-corrected chi connectivity index (χ2v) is 8.29. The lowest BCUT2D eigenvalue weighted by Gasteiger charge is -2.09. The SMILES string of the molecule is CCc1nc(-c2ccc(Cl)s2)nc2cc(C(=O)NCCCc3ncc[nH]3)ccc12. The lowest BCUT2D eigenvalue weighted by atomic mass is 10.1. The number of thiophene rings is 1. The van der Waals surface area contributed by atoms with Gasteiger partial charge < -0.3 is 10.3 Å². The number of aromatic nitrogens is 4. The van der Waals surface area contributed by atoms with Gasteiger partial charge in [0.2, 0.25) is 0 Å². The second kappa shape index (κ2) is 8.71. The Morgan fingerprint density at radius 2 is 2.14 bits per heavy atom. The lowest BCUT2D eigenvalue weighted by molar-refractivity contribution is 0.0953. The summed E-state index contributed by atoms with van der Waals surface area (Å²) in [6.45, 7) is 2.65. The third-order valence-corrected chi connectivity index (χ3v) is 5.82. The van der Waals surface area contributed by atoms with E-state index in [2.05, 4.69) is 27.2 Å². The van der Waals surface area contributed by atoms with Crippen molar-refractivity contribution in [2.24, 2.45) is 0 Å². The van der Waals surface area contributed by atoms with Crippen molar-refractivity contribution >= 4 is 39.7 Å². The summed E-state index contributed by atoms with van der Waals surface area (Å²) in [7, 11) is 0. The molecule has 0 bridgehead atoms. The lowest BCUT2D eigenvalue weighted by Crippen LogP contribution is -2.24. The molecular formula is C21H20ClN5OS. The second-order valence-electron chi connectivity index (χ2n) is 6.58. The number of halogens is 1. The number of nitrogens with zero attached hydrogens (tertiary/aromatic N) is 3. The molecule has 29 heavy (non-hydrogen) atoms. The summed E-state index contributed by atoms with van der Waals surface area (Å²) in [6, 6.07) is 9.35. The van der Waals surface area contributed by atoms with Crippen molar-refractivity contribution in [3.8, 4) is 10.7 Å². The van der Waals surface area contributed by atoms with Crippen LogP contribution >= 0.6 is 22.9 Å². The minimum absolute atomic E-state index is 0.108. The maximum absolute atomic E-state index is 12.6. The van der Waals surface area contributed by atoms with E-state index < -0.39 is 0 Å². The van der Waals surface area contributed by atoms with Crippen LogP contribution in [0.25, 0.3) is 21.6 Å². The molecular weight excluding hydrogens is 406 g/mol. The van der Waals surface area contributed by atoms with Crippen molar-refractivity contribution in [1.82, 2.24) is 25.3 Å². The van der Waals surface area contributed by atoms with Gasteiger partial charge in [-0.25, -0.2) is 15.0 Å². The van der Waals surface area contributed by atoms with Gasteiger partial charge in [0.25, 0.3) is 5.91 Å². The summed E-state index contributed by atoms with van der Waals surface area (Å²) in [5.41, 5.74) is 2.31. The van der Waals surface area contributed by atoms with Crippen LogP contribution < -0.4 is 5.32 Å². The fraction of sp³-hybridized carbons (Fsp3) is 0.238. The summed E-state index contributed by atoms with van der Waals surface area (Å²) in [6.07, 6.45) is 5.92. The van der Waals surface area contributed by atoms with Gasteiger partial charge >= 0.3 is 0 Å². The number of imidazole rings is 1. The molecule has 0 spiro atoms. The molecule has 0 aliphatic carbocycles. The van der Waals surface area contributed by atoms with Crippen LogP contribution in [-0.2, 0) is 12.8 Å². The van der Waals surface area contributed by atoms with E-state index in [-0.39, 0.29) is 5.91 Å². The highest BCUT2D eigenvalue weighted by Crippen LogP contribution is 2.30. The number of rotatable bonds is 7. The van der Waals surface area contributed by atoms with Gasteiger partial charge in [0, 0.05) is 36.3 Å². The van der Waals surface area contributed by atoms with Crippen LogP contribution in [0.3, 0.4) is 0 Å². The smallest absolute Gasteiger partial charge is 0.251 e. The maximum atomic E-state index is 12.6. The zero-order valence-corrected chi connectivity index (χ0v) is 17.5. The number of benzene rings is 1. The minimum Gasteiger partial charge on any atom is -0.352 e. The molecule has 0 saturated carbocycles. The molecule has 4 aromatic rings. The predicted octanol–water partition coefficient (Wildman–Crippen LogP) is 4.66. The molecule has 0 saturated heterocycles. The number of carbonyl (C=O) groups excluding carboxylic acids is 1. The summed E-state index contributed by atoms with van der Waals surface area (Å²) >= 11 is 7.51. The van der Waals surface area contributed by atoms with E-state index >= 15 is 0 Å². The zero-order chi connectivity index (χ0) is 20.2. The molecule has 3 heterocycles. The van der Waals surface area contributed by atoms with Crippen LogP contribution in [0.4, 0.5) is 0 Å². The average molecular weight is 426 g/mol. The molecule has 0 fully saturated rings. The Morgan fingerprint density at radius 3 is 2.86 bits per heavy atom. The van der Waals surface area contributed by atoms with Gasteiger partial charge in [0.05, 0.1) is 20.4 Å². The molecule has 1 aromatic carbocycles. The molecule has 4 rings (SSSR count). The van der Waals surface area contributed by atoms with Gasteiger partial charge in [-0.05, 0) is 37.1 Å². The van der Waals surface area contributed by atoms with Crippen LogP contribution in [0.5, 0.6) is 0 Å². The third kappa shape index (κ3) is 4.46. The first-order valence-corrected chi connectivity index (χ1v) is 10.7. The van der Waals surface area contributed by atoms with E-state index in [0.29, 0.717) is 22.3 Å². The van der Waals surface area contributed by atoms with Crippen LogP contribution in [0.2, 0.25) is 4.34 Å². The van der Waals surface area contributed by atoms with Crippen molar-refractivity contribution in [3.63, 3.8) is 0 Å². The first-order valence-electron chi connectivity index (χ1n) is 9.47. The molecule has 0 unspecified atom stereocenters. The first-order chi connectivity index (χ1) is 14.1. The molecule has 0 aliphatic rings. The number of H-pyrrole nitrogens is 1. The molecule has 6 nitrogen and oxygen atoms in total. The summed E-state index contributed by atoms with van der Waals surface area (Å²) < 4.78 is 0.699. The molecule has 2 N–H and O–H groups in total. The molecule has 8 heteroatoms. The number of nitrogens with one attached hydrogen (secondary N) is 2. The minimum atomic E-state index is -0.108. The van der Waals surface area contributed by atoms with Crippen molar-refractivity contribution in [3.05, 3.63) is 64.1 Å². The van der Waals surface area contributed by atoms with E-state index in [1.54, 1.807) is 12.4 Å². The quantitative estimate of drug-likeness (QED) is 0.422. The monoisotopic (exact) mass is 425 g/mol. The van der Waals surface area contributed by atoms with Gasteiger partial charge in [-0.3, -0.25) is 4.79 Å². The van der Waals surface area contributed by atoms with E-state index in [9.17, 15) is 4.79 Å². The largest absolute Gasteiger partial charge is 0.352 e. The molecule has 0 radical (unpaired) electrons. The zero-order valence-electron chi connectivity index (χ0n) is 15.9. The third-order valence-electron chi connectivity index (χ3n) is 4.60. The van der Waals surface area contributed by atoms with E-state index in [4.69, 9.17) is 16.6 Å². The van der Waals surface area contributed by atoms with Gasteiger partial charge in [-0.15, -0.1) is 11.3 Å². The molecule has 0 atom stereocenters. The van der Waals surface area contributed by atoms with E-state index in [1.807, 2.05) is 30.3 Å². The predicted molar refractivity (Wildman–Crippen MR) is 116 cm³/mol. The Labute approximate surface area is 177 Å². The highest BCUT2D eigenvalue weighted by Gasteiger charge is 2.13. The van der Waals surface area contributed by atoms with E-state index in [1.165, 1.54) is 11.3 Å². The molecule has 3 aromatic heterocycles. The fourth-order valence-corrected chi connectivity index (χ4v) is 4.12. The highest BCUT2D eigenvalue weighted by atomic mass is 35.5. The number of carbonyl (C=O) groups is 1. The van der Waals surface area contributed by atoms with Crippen molar-refractivity contribution in [2.45, 2.75) is 26.2 Å². The highest BCUT2D eigenvalue weighted by molar-refractivity contribution is 7.19. The number of fused-ring (bicyclic) bond motifs is 1. The van der Waals surface area contributed by atoms with E-state index in [0.717, 1.165) is 46.6 Å². The molecule has 1 amide bonds. The fourth-order valence-electron chi connectivity index (χ4n) is 3.15. The van der Waals surface area contributed by atoms with Gasteiger partial charge in [-0.2, -0.15) is 0 Å². The topological polar surface area (TPSA) is 83.6 Å². The van der Waals surface area contributed by atoms with Crippen LogP contribution in [-0.4, -0.2) is 32.4 Å². The number of hydrogen-bond acceptors (Lipinski definition) is 5. The number of aryl methyl sites for hydroxylation is 2. The first kappa shape index (κ1) is 19.5. The maximum Gasteiger partial charge on any atom is 0.251 e. The Morgan fingerprint density at radius 1 is 1.24 bits per heavy atom. The summed E-state index contributed by atoms with van der Waals surface area (Å²) in [5, 5.41) is 3.93. The van der Waals surface area contributed by atoms with Crippen molar-refractivity contribution in [1.29, 1.82) is 0 Å². The Bertz CT molecular complexity index is 1140. The standard InChI is InChI=1S/C21H20ClN5OS/c1-2-15-14-6-5-13(21(28)25-9-3-4-19-23-10-11-24-19)12-16(14)27-20(26-15)17-7-8-18(22)29-17/h5-8,10-12H,2-4,9H2,1H3,(H,23,24)(H,25,28). The normalized spacial score (nSPS) is 11.1.